The Kier molecular flexibility index (Phi) is 3.35. The summed E-state index contributed by atoms with van der Waals surface area (Å²) in [5, 5.41) is 0.661. The second-order valence-corrected chi connectivity index (χ2v) is 4.79. The van der Waals surface area contributed by atoms with E-state index in [4.69, 9.17) is 11.6 Å². The lowest BCUT2D eigenvalue weighted by molar-refractivity contribution is 1.09. The third-order valence-corrected chi connectivity index (χ3v) is 3.22. The van der Waals surface area contributed by atoms with E-state index in [2.05, 4.69) is 9.97 Å². The molecule has 0 radical (unpaired) electrons. The van der Waals surface area contributed by atoms with Gasteiger partial charge in [0, 0.05) is 10.6 Å². The van der Waals surface area contributed by atoms with E-state index in [-0.39, 0.29) is 5.69 Å². The van der Waals surface area contributed by atoms with Crippen LogP contribution in [0.4, 0.5) is 0 Å². The van der Waals surface area contributed by atoms with Gasteiger partial charge in [0.1, 0.15) is 0 Å². The Bertz CT molecular complexity index is 780. The molecular formula is C16H11ClN2O. The quantitative estimate of drug-likeness (QED) is 0.778. The maximum Gasteiger partial charge on any atom is 0.345 e. The van der Waals surface area contributed by atoms with Crippen LogP contribution >= 0.6 is 11.6 Å². The van der Waals surface area contributed by atoms with Gasteiger partial charge in [-0.3, -0.25) is 0 Å². The highest BCUT2D eigenvalue weighted by Gasteiger charge is 2.05. The molecule has 0 aliphatic heterocycles. The first kappa shape index (κ1) is 12.6. The van der Waals surface area contributed by atoms with Crippen LogP contribution < -0.4 is 5.69 Å². The smallest absolute Gasteiger partial charge is 0.305 e. The molecule has 0 aliphatic carbocycles. The molecule has 1 N–H and O–H groups in total. The number of hydrogen-bond acceptors (Lipinski definition) is 2. The summed E-state index contributed by atoms with van der Waals surface area (Å²) in [6.07, 6.45) is 0. The molecule has 1 heterocycles. The predicted molar refractivity (Wildman–Crippen MR) is 80.7 cm³/mol. The van der Waals surface area contributed by atoms with Crippen molar-refractivity contribution in [2.75, 3.05) is 0 Å². The molecule has 0 atom stereocenters. The summed E-state index contributed by atoms with van der Waals surface area (Å²) in [6, 6.07) is 18.8. The molecule has 3 rings (SSSR count). The van der Waals surface area contributed by atoms with E-state index in [0.29, 0.717) is 10.7 Å². The van der Waals surface area contributed by atoms with E-state index < -0.39 is 0 Å². The third-order valence-electron chi connectivity index (χ3n) is 2.97. The maximum absolute atomic E-state index is 11.7. The van der Waals surface area contributed by atoms with Gasteiger partial charge in [0.15, 0.2) is 0 Å². The zero-order valence-corrected chi connectivity index (χ0v) is 11.3. The first-order valence-electron chi connectivity index (χ1n) is 6.15. The van der Waals surface area contributed by atoms with Crippen molar-refractivity contribution >= 4 is 11.6 Å². The van der Waals surface area contributed by atoms with Gasteiger partial charge in [0.05, 0.1) is 11.4 Å². The molecule has 20 heavy (non-hydrogen) atoms. The first-order chi connectivity index (χ1) is 9.72. The number of H-pyrrole nitrogens is 1. The Hall–Kier alpha value is -2.39. The number of aromatic amines is 1. The molecule has 4 heteroatoms. The lowest BCUT2D eigenvalue weighted by Gasteiger charge is -2.05. The summed E-state index contributed by atoms with van der Waals surface area (Å²) in [4.78, 5) is 18.5. The fourth-order valence-corrected chi connectivity index (χ4v) is 2.13. The summed E-state index contributed by atoms with van der Waals surface area (Å²) >= 11 is 5.87. The number of halogens is 1. The van der Waals surface area contributed by atoms with Crippen LogP contribution in [0.25, 0.3) is 22.5 Å². The molecule has 1 aromatic heterocycles. The van der Waals surface area contributed by atoms with Crippen molar-refractivity contribution in [1.29, 1.82) is 0 Å². The van der Waals surface area contributed by atoms with E-state index >= 15 is 0 Å². The summed E-state index contributed by atoms with van der Waals surface area (Å²) in [5.74, 6) is 0. The summed E-state index contributed by atoms with van der Waals surface area (Å²) in [5.41, 5.74) is 2.82. The van der Waals surface area contributed by atoms with Crippen LogP contribution in [0.15, 0.2) is 65.5 Å². The standard InChI is InChI=1S/C16H11ClN2O/c17-13-8-6-12(7-9-13)15-10-14(18-16(20)19-15)11-4-2-1-3-5-11/h1-10H,(H,18,19,20). The van der Waals surface area contributed by atoms with Crippen molar-refractivity contribution in [1.82, 2.24) is 9.97 Å². The average Bonchev–Trinajstić information content (AvgIpc) is 2.48. The second-order valence-electron chi connectivity index (χ2n) is 4.36. The van der Waals surface area contributed by atoms with Gasteiger partial charge in [-0.1, -0.05) is 54.1 Å². The molecule has 3 nitrogen and oxygen atoms in total. The molecule has 0 amide bonds. The van der Waals surface area contributed by atoms with Crippen LogP contribution in [0.5, 0.6) is 0 Å². The Labute approximate surface area is 120 Å². The van der Waals surface area contributed by atoms with Crippen LogP contribution in [0.1, 0.15) is 0 Å². The SMILES string of the molecule is O=c1nc(-c2ccccc2)cc(-c2ccc(Cl)cc2)[nH]1. The largest absolute Gasteiger partial charge is 0.345 e. The molecule has 98 valence electrons. The molecule has 0 saturated heterocycles. The van der Waals surface area contributed by atoms with Gasteiger partial charge < -0.3 is 4.98 Å². The Morgan fingerprint density at radius 1 is 0.900 bits per heavy atom. The molecule has 0 spiro atoms. The van der Waals surface area contributed by atoms with Gasteiger partial charge in [-0.2, -0.15) is 4.98 Å². The van der Waals surface area contributed by atoms with Gasteiger partial charge in [0.25, 0.3) is 0 Å². The Morgan fingerprint density at radius 3 is 2.30 bits per heavy atom. The minimum absolute atomic E-state index is 0.365. The fraction of sp³-hybridized carbons (Fsp3) is 0. The van der Waals surface area contributed by atoms with Crippen LogP contribution in [-0.4, -0.2) is 9.97 Å². The van der Waals surface area contributed by atoms with Crippen molar-refractivity contribution in [2.45, 2.75) is 0 Å². The third kappa shape index (κ3) is 2.63. The van der Waals surface area contributed by atoms with Gasteiger partial charge in [-0.25, -0.2) is 4.79 Å². The maximum atomic E-state index is 11.7. The van der Waals surface area contributed by atoms with Gasteiger partial charge in [-0.15, -0.1) is 0 Å². The molecule has 0 fully saturated rings. The van der Waals surface area contributed by atoms with Gasteiger partial charge >= 0.3 is 5.69 Å². The van der Waals surface area contributed by atoms with E-state index in [1.54, 1.807) is 12.1 Å². The van der Waals surface area contributed by atoms with E-state index in [0.717, 1.165) is 16.8 Å². The highest BCUT2D eigenvalue weighted by molar-refractivity contribution is 6.30. The topological polar surface area (TPSA) is 45.8 Å². The van der Waals surface area contributed by atoms with Crippen LogP contribution in [0, 0.1) is 0 Å². The number of rotatable bonds is 2. The minimum atomic E-state index is -0.365. The van der Waals surface area contributed by atoms with E-state index in [1.165, 1.54) is 0 Å². The monoisotopic (exact) mass is 282 g/mol. The number of hydrogen-bond donors (Lipinski definition) is 1. The first-order valence-corrected chi connectivity index (χ1v) is 6.53. The van der Waals surface area contributed by atoms with Crippen LogP contribution in [-0.2, 0) is 0 Å². The molecule has 0 unspecified atom stereocenters. The molecule has 2 aromatic carbocycles. The zero-order valence-electron chi connectivity index (χ0n) is 10.5. The van der Waals surface area contributed by atoms with Crippen molar-refractivity contribution in [2.24, 2.45) is 0 Å². The minimum Gasteiger partial charge on any atom is -0.305 e. The number of benzene rings is 2. The predicted octanol–water partition coefficient (Wildman–Crippen LogP) is 3.76. The van der Waals surface area contributed by atoms with Crippen LogP contribution in [0.2, 0.25) is 5.02 Å². The second kappa shape index (κ2) is 5.31. The lowest BCUT2D eigenvalue weighted by Crippen LogP contribution is -2.11. The van der Waals surface area contributed by atoms with E-state index in [1.807, 2.05) is 48.5 Å². The van der Waals surface area contributed by atoms with Crippen molar-refractivity contribution in [3.8, 4) is 22.5 Å². The molecule has 0 aliphatic rings. The Morgan fingerprint density at radius 2 is 1.60 bits per heavy atom. The molecular weight excluding hydrogens is 272 g/mol. The molecule has 0 bridgehead atoms. The number of aromatic nitrogens is 2. The molecule has 3 aromatic rings. The molecule has 0 saturated carbocycles. The van der Waals surface area contributed by atoms with E-state index in [9.17, 15) is 4.79 Å². The summed E-state index contributed by atoms with van der Waals surface area (Å²) in [6.45, 7) is 0. The van der Waals surface area contributed by atoms with Crippen LogP contribution in [0.3, 0.4) is 0 Å². The zero-order chi connectivity index (χ0) is 13.9. The highest BCUT2D eigenvalue weighted by atomic mass is 35.5. The number of nitrogens with zero attached hydrogens (tertiary/aromatic N) is 1. The summed E-state index contributed by atoms with van der Waals surface area (Å²) in [7, 11) is 0. The Balaban J connectivity index is 2.12. The van der Waals surface area contributed by atoms with Crippen molar-refractivity contribution in [3.05, 3.63) is 76.2 Å². The van der Waals surface area contributed by atoms with Gasteiger partial charge in [0.2, 0.25) is 0 Å². The fourth-order valence-electron chi connectivity index (χ4n) is 2.00. The lowest BCUT2D eigenvalue weighted by atomic mass is 10.1. The number of nitrogens with one attached hydrogen (secondary N) is 1. The normalized spacial score (nSPS) is 10.4. The summed E-state index contributed by atoms with van der Waals surface area (Å²) < 4.78 is 0. The average molecular weight is 283 g/mol. The highest BCUT2D eigenvalue weighted by Crippen LogP contribution is 2.22. The van der Waals surface area contributed by atoms with Crippen molar-refractivity contribution in [3.63, 3.8) is 0 Å². The van der Waals surface area contributed by atoms with Gasteiger partial charge in [-0.05, 0) is 23.8 Å². The van der Waals surface area contributed by atoms with Crippen molar-refractivity contribution < 1.29 is 0 Å².